The fourth-order valence-electron chi connectivity index (χ4n) is 2.29. The van der Waals surface area contributed by atoms with Crippen LogP contribution in [0.4, 0.5) is 0 Å². The molecule has 0 bridgehead atoms. The highest BCUT2D eigenvalue weighted by atomic mass is 16.3. The average molecular weight is 242 g/mol. The molecule has 0 saturated heterocycles. The summed E-state index contributed by atoms with van der Waals surface area (Å²) in [5.74, 6) is 0.699. The van der Waals surface area contributed by atoms with Gasteiger partial charge in [0.1, 0.15) is 0 Å². The Morgan fingerprint density at radius 1 is 1.41 bits per heavy atom. The summed E-state index contributed by atoms with van der Waals surface area (Å²) < 4.78 is 0. The first kappa shape index (κ1) is 14.9. The Hall–Kier alpha value is -0.120. The van der Waals surface area contributed by atoms with Crippen LogP contribution in [0.15, 0.2) is 0 Å². The van der Waals surface area contributed by atoms with Crippen LogP contribution in [0, 0.1) is 5.92 Å². The van der Waals surface area contributed by atoms with Crippen LogP contribution in [-0.2, 0) is 0 Å². The highest BCUT2D eigenvalue weighted by molar-refractivity contribution is 4.92. The topological polar surface area (TPSA) is 35.5 Å². The summed E-state index contributed by atoms with van der Waals surface area (Å²) in [6.07, 6.45) is 3.78. The first-order chi connectivity index (χ1) is 8.00. The van der Waals surface area contributed by atoms with Crippen LogP contribution in [0.25, 0.3) is 0 Å². The second-order valence-electron chi connectivity index (χ2n) is 6.20. The van der Waals surface area contributed by atoms with E-state index in [9.17, 15) is 5.11 Å². The third-order valence-electron chi connectivity index (χ3n) is 3.37. The Balaban J connectivity index is 2.49. The zero-order valence-electron chi connectivity index (χ0n) is 12.0. The molecule has 1 unspecified atom stereocenters. The minimum absolute atomic E-state index is 0.145. The SMILES string of the molecule is CCCNC(C)(CO)CN(CC(C)C)C1CC1. The molecule has 0 spiro atoms. The number of rotatable bonds is 9. The number of hydrogen-bond donors (Lipinski definition) is 2. The van der Waals surface area contributed by atoms with Gasteiger partial charge in [0.05, 0.1) is 12.1 Å². The maximum Gasteiger partial charge on any atom is 0.0623 e. The second kappa shape index (κ2) is 6.72. The normalized spacial score (nSPS) is 19.9. The molecule has 0 aliphatic heterocycles. The molecule has 0 radical (unpaired) electrons. The van der Waals surface area contributed by atoms with E-state index in [0.29, 0.717) is 5.92 Å². The van der Waals surface area contributed by atoms with Gasteiger partial charge < -0.3 is 10.4 Å². The highest BCUT2D eigenvalue weighted by Crippen LogP contribution is 2.28. The fraction of sp³-hybridized carbons (Fsp3) is 1.00. The van der Waals surface area contributed by atoms with E-state index in [1.165, 1.54) is 12.8 Å². The predicted octanol–water partition coefficient (Wildman–Crippen LogP) is 1.86. The van der Waals surface area contributed by atoms with E-state index in [4.69, 9.17) is 0 Å². The smallest absolute Gasteiger partial charge is 0.0623 e. The molecule has 1 aliphatic carbocycles. The van der Waals surface area contributed by atoms with E-state index in [0.717, 1.165) is 32.1 Å². The molecule has 2 N–H and O–H groups in total. The number of aliphatic hydroxyl groups is 1. The molecular formula is C14H30N2O. The highest BCUT2D eigenvalue weighted by Gasteiger charge is 2.34. The summed E-state index contributed by atoms with van der Waals surface area (Å²) in [6, 6.07) is 0.770. The Morgan fingerprint density at radius 2 is 2.06 bits per heavy atom. The lowest BCUT2D eigenvalue weighted by Gasteiger charge is -2.36. The Kier molecular flexibility index (Phi) is 5.90. The molecule has 0 amide bonds. The molecule has 17 heavy (non-hydrogen) atoms. The van der Waals surface area contributed by atoms with Gasteiger partial charge in [0.25, 0.3) is 0 Å². The Labute approximate surface area is 107 Å². The van der Waals surface area contributed by atoms with Crippen molar-refractivity contribution in [2.45, 2.75) is 58.5 Å². The number of hydrogen-bond acceptors (Lipinski definition) is 3. The lowest BCUT2D eigenvalue weighted by atomic mass is 10.0. The molecule has 3 heteroatoms. The van der Waals surface area contributed by atoms with Crippen LogP contribution >= 0.6 is 0 Å². The molecule has 1 aliphatic rings. The number of nitrogens with one attached hydrogen (secondary N) is 1. The van der Waals surface area contributed by atoms with E-state index >= 15 is 0 Å². The molecule has 0 aromatic heterocycles. The minimum Gasteiger partial charge on any atom is -0.394 e. The van der Waals surface area contributed by atoms with Crippen LogP contribution in [0.2, 0.25) is 0 Å². The lowest BCUT2D eigenvalue weighted by Crippen LogP contribution is -2.55. The van der Waals surface area contributed by atoms with E-state index < -0.39 is 0 Å². The third-order valence-corrected chi connectivity index (χ3v) is 3.37. The van der Waals surface area contributed by atoms with Crippen molar-refractivity contribution < 1.29 is 5.11 Å². The maximum atomic E-state index is 9.61. The molecule has 0 aromatic carbocycles. The van der Waals surface area contributed by atoms with Gasteiger partial charge in [0.15, 0.2) is 0 Å². The molecule has 1 fully saturated rings. The summed E-state index contributed by atoms with van der Waals surface area (Å²) in [7, 11) is 0. The van der Waals surface area contributed by atoms with Crippen molar-refractivity contribution in [3.63, 3.8) is 0 Å². The molecule has 1 rings (SSSR count). The molecule has 1 atom stereocenters. The molecule has 102 valence electrons. The Morgan fingerprint density at radius 3 is 2.47 bits per heavy atom. The summed E-state index contributed by atoms with van der Waals surface area (Å²) in [5, 5.41) is 13.1. The van der Waals surface area contributed by atoms with Gasteiger partial charge in [-0.25, -0.2) is 0 Å². The Bertz CT molecular complexity index is 216. The summed E-state index contributed by atoms with van der Waals surface area (Å²) in [4.78, 5) is 2.56. The largest absolute Gasteiger partial charge is 0.394 e. The van der Waals surface area contributed by atoms with Gasteiger partial charge in [-0.05, 0) is 38.6 Å². The van der Waals surface area contributed by atoms with Gasteiger partial charge in [-0.1, -0.05) is 20.8 Å². The van der Waals surface area contributed by atoms with E-state index in [2.05, 4.69) is 37.9 Å². The van der Waals surface area contributed by atoms with E-state index in [1.54, 1.807) is 0 Å². The minimum atomic E-state index is -0.145. The van der Waals surface area contributed by atoms with Gasteiger partial charge >= 0.3 is 0 Å². The predicted molar refractivity (Wildman–Crippen MR) is 73.2 cm³/mol. The third kappa shape index (κ3) is 5.36. The van der Waals surface area contributed by atoms with Crippen molar-refractivity contribution >= 4 is 0 Å². The van der Waals surface area contributed by atoms with Gasteiger partial charge in [0, 0.05) is 19.1 Å². The zero-order chi connectivity index (χ0) is 12.9. The number of aliphatic hydroxyl groups excluding tert-OH is 1. The summed E-state index contributed by atoms with van der Waals surface area (Å²) in [5.41, 5.74) is -0.145. The van der Waals surface area contributed by atoms with Crippen molar-refractivity contribution in [3.8, 4) is 0 Å². The average Bonchev–Trinajstić information content (AvgIpc) is 3.09. The summed E-state index contributed by atoms with van der Waals surface area (Å²) in [6.45, 7) is 12.2. The van der Waals surface area contributed by atoms with Crippen LogP contribution in [0.5, 0.6) is 0 Å². The molecule has 0 aromatic rings. The van der Waals surface area contributed by atoms with Gasteiger partial charge in [-0.15, -0.1) is 0 Å². The lowest BCUT2D eigenvalue weighted by molar-refractivity contribution is 0.109. The van der Waals surface area contributed by atoms with E-state index in [-0.39, 0.29) is 12.1 Å². The molecular weight excluding hydrogens is 212 g/mol. The van der Waals surface area contributed by atoms with Crippen molar-refractivity contribution in [1.29, 1.82) is 0 Å². The quantitative estimate of drug-likeness (QED) is 0.648. The maximum absolute atomic E-state index is 9.61. The van der Waals surface area contributed by atoms with E-state index in [1.807, 2.05) is 0 Å². The van der Waals surface area contributed by atoms with Crippen molar-refractivity contribution in [3.05, 3.63) is 0 Å². The molecule has 0 heterocycles. The zero-order valence-corrected chi connectivity index (χ0v) is 12.0. The molecule has 1 saturated carbocycles. The van der Waals surface area contributed by atoms with Crippen LogP contribution < -0.4 is 5.32 Å². The van der Waals surface area contributed by atoms with Crippen molar-refractivity contribution in [2.75, 3.05) is 26.2 Å². The van der Waals surface area contributed by atoms with Gasteiger partial charge in [-0.2, -0.15) is 0 Å². The van der Waals surface area contributed by atoms with Crippen molar-refractivity contribution in [2.24, 2.45) is 5.92 Å². The van der Waals surface area contributed by atoms with Crippen molar-refractivity contribution in [1.82, 2.24) is 10.2 Å². The monoisotopic (exact) mass is 242 g/mol. The molecule has 3 nitrogen and oxygen atoms in total. The first-order valence-corrected chi connectivity index (χ1v) is 7.10. The van der Waals surface area contributed by atoms with Gasteiger partial charge in [-0.3, -0.25) is 4.90 Å². The standard InChI is InChI=1S/C14H30N2O/c1-5-8-15-14(4,11-17)10-16(9-12(2)3)13-6-7-13/h12-13,15,17H,5-11H2,1-4H3. The van der Waals surface area contributed by atoms with Crippen LogP contribution in [0.3, 0.4) is 0 Å². The second-order valence-corrected chi connectivity index (χ2v) is 6.20. The van der Waals surface area contributed by atoms with Gasteiger partial charge in [0.2, 0.25) is 0 Å². The fourth-order valence-corrected chi connectivity index (χ4v) is 2.29. The van der Waals surface area contributed by atoms with Crippen LogP contribution in [-0.4, -0.2) is 47.8 Å². The summed E-state index contributed by atoms with van der Waals surface area (Å²) >= 11 is 0. The first-order valence-electron chi connectivity index (χ1n) is 7.10. The number of nitrogens with zero attached hydrogens (tertiary/aromatic N) is 1. The van der Waals surface area contributed by atoms with Crippen LogP contribution in [0.1, 0.15) is 47.0 Å².